The summed E-state index contributed by atoms with van der Waals surface area (Å²) in [7, 11) is 0. The summed E-state index contributed by atoms with van der Waals surface area (Å²) in [5, 5.41) is 8.66. The van der Waals surface area contributed by atoms with E-state index in [0.29, 0.717) is 12.2 Å². The van der Waals surface area contributed by atoms with E-state index >= 15 is 0 Å². The Balaban J connectivity index is 2.32. The Hall–Kier alpha value is -2.41. The van der Waals surface area contributed by atoms with Gasteiger partial charge in [0.05, 0.1) is 6.20 Å². The Morgan fingerprint density at radius 2 is 1.94 bits per heavy atom. The average Bonchev–Trinajstić information content (AvgIpc) is 2.27. The molecule has 0 aliphatic carbocycles. The van der Waals surface area contributed by atoms with Crippen molar-refractivity contribution in [2.75, 3.05) is 0 Å². The maximum atomic E-state index is 11.5. The average molecular weight is 239 g/mol. The molecule has 0 amide bonds. The van der Waals surface area contributed by atoms with Gasteiger partial charge in [-0.25, -0.2) is 4.98 Å². The van der Waals surface area contributed by atoms with Gasteiger partial charge in [-0.15, -0.1) is 0 Å². The summed E-state index contributed by atoms with van der Waals surface area (Å²) in [6.07, 6.45) is 1.88. The first-order chi connectivity index (χ1) is 8.58. The van der Waals surface area contributed by atoms with E-state index in [9.17, 15) is 4.79 Å². The van der Waals surface area contributed by atoms with Crippen LogP contribution >= 0.6 is 0 Å². The number of hydrogen-bond donors (Lipinski definition) is 1. The second kappa shape index (κ2) is 4.84. The molecule has 1 aromatic heterocycles. The third-order valence-electron chi connectivity index (χ3n) is 2.63. The number of hydrogen-bond acceptors (Lipinski definition) is 3. The monoisotopic (exact) mass is 239 g/mol. The molecule has 1 heterocycles. The fourth-order valence-corrected chi connectivity index (χ4v) is 1.97. The quantitative estimate of drug-likeness (QED) is 0.869. The normalized spacial score (nSPS) is 10.1. The van der Waals surface area contributed by atoms with Crippen LogP contribution in [0.3, 0.4) is 0 Å². The summed E-state index contributed by atoms with van der Waals surface area (Å²) < 4.78 is 0. The first-order valence-electron chi connectivity index (χ1n) is 5.64. The Labute approximate surface area is 105 Å². The van der Waals surface area contributed by atoms with Gasteiger partial charge in [0.15, 0.2) is 0 Å². The zero-order chi connectivity index (χ0) is 13.1. The summed E-state index contributed by atoms with van der Waals surface area (Å²) in [5.74, 6) is 0.573. The molecular formula is C14H13N3O. The van der Waals surface area contributed by atoms with Gasteiger partial charge in [-0.05, 0) is 19.4 Å². The van der Waals surface area contributed by atoms with Crippen LogP contribution in [0.4, 0.5) is 0 Å². The minimum Gasteiger partial charge on any atom is -0.309 e. The molecule has 1 aromatic carbocycles. The van der Waals surface area contributed by atoms with Crippen molar-refractivity contribution >= 4 is 0 Å². The van der Waals surface area contributed by atoms with Crippen molar-refractivity contribution in [3.63, 3.8) is 0 Å². The molecule has 0 bridgehead atoms. The number of H-pyrrole nitrogens is 1. The van der Waals surface area contributed by atoms with E-state index in [0.717, 1.165) is 5.56 Å². The molecule has 0 saturated heterocycles. The standard InChI is InChI=1S/C14H13N3O/c1-9-3-10(2)5-11(4-9)6-13-16-8-12(7-15)14(18)17-13/h3-5,8H,6H2,1-2H3,(H,16,17,18). The van der Waals surface area contributed by atoms with E-state index in [1.54, 1.807) is 6.07 Å². The Bertz CT molecular complexity index is 660. The molecule has 0 aliphatic heterocycles. The number of nitrogens with one attached hydrogen (secondary N) is 1. The summed E-state index contributed by atoms with van der Waals surface area (Å²) in [6.45, 7) is 4.07. The van der Waals surface area contributed by atoms with Crippen molar-refractivity contribution in [2.45, 2.75) is 20.3 Å². The molecule has 0 aliphatic rings. The second-order valence-electron chi connectivity index (χ2n) is 4.36. The van der Waals surface area contributed by atoms with Gasteiger partial charge in [0, 0.05) is 6.42 Å². The highest BCUT2D eigenvalue weighted by atomic mass is 16.1. The van der Waals surface area contributed by atoms with E-state index in [-0.39, 0.29) is 11.1 Å². The van der Waals surface area contributed by atoms with Crippen LogP contribution in [0.1, 0.15) is 28.1 Å². The van der Waals surface area contributed by atoms with Gasteiger partial charge in [0.25, 0.3) is 5.56 Å². The molecule has 0 atom stereocenters. The van der Waals surface area contributed by atoms with Crippen LogP contribution in [0.2, 0.25) is 0 Å². The van der Waals surface area contributed by atoms with Crippen LogP contribution in [0.15, 0.2) is 29.2 Å². The zero-order valence-corrected chi connectivity index (χ0v) is 10.3. The second-order valence-corrected chi connectivity index (χ2v) is 4.36. The Morgan fingerprint density at radius 3 is 2.50 bits per heavy atom. The SMILES string of the molecule is Cc1cc(C)cc(Cc2ncc(C#N)c(=O)[nH]2)c1. The highest BCUT2D eigenvalue weighted by Gasteiger charge is 2.03. The van der Waals surface area contributed by atoms with Gasteiger partial charge >= 0.3 is 0 Å². The largest absolute Gasteiger partial charge is 0.309 e. The number of aromatic nitrogens is 2. The summed E-state index contributed by atoms with van der Waals surface area (Å²) in [5.41, 5.74) is 3.12. The van der Waals surface area contributed by atoms with Crippen LogP contribution < -0.4 is 5.56 Å². The van der Waals surface area contributed by atoms with Crippen molar-refractivity contribution < 1.29 is 0 Å². The first kappa shape index (κ1) is 12.1. The van der Waals surface area contributed by atoms with E-state index < -0.39 is 0 Å². The fraction of sp³-hybridized carbons (Fsp3) is 0.214. The molecule has 2 aromatic rings. The molecule has 0 radical (unpaired) electrons. The van der Waals surface area contributed by atoms with Crippen LogP contribution in [0, 0.1) is 25.2 Å². The number of nitrogens with zero attached hydrogens (tertiary/aromatic N) is 2. The van der Waals surface area contributed by atoms with E-state index in [4.69, 9.17) is 5.26 Å². The smallest absolute Gasteiger partial charge is 0.268 e. The predicted molar refractivity (Wildman–Crippen MR) is 68.3 cm³/mol. The van der Waals surface area contributed by atoms with Crippen molar-refractivity contribution in [3.05, 3.63) is 62.8 Å². The molecular weight excluding hydrogens is 226 g/mol. The van der Waals surface area contributed by atoms with Gasteiger partial charge in [0.1, 0.15) is 17.5 Å². The van der Waals surface area contributed by atoms with E-state index in [1.165, 1.54) is 17.3 Å². The van der Waals surface area contributed by atoms with Crippen molar-refractivity contribution in [3.8, 4) is 6.07 Å². The highest BCUT2D eigenvalue weighted by molar-refractivity contribution is 5.30. The van der Waals surface area contributed by atoms with Gasteiger partial charge in [-0.1, -0.05) is 29.3 Å². The van der Waals surface area contributed by atoms with Crippen LogP contribution in [0.5, 0.6) is 0 Å². The number of benzene rings is 1. The van der Waals surface area contributed by atoms with E-state index in [1.807, 2.05) is 13.8 Å². The lowest BCUT2D eigenvalue weighted by molar-refractivity contribution is 0.937. The Kier molecular flexibility index (Phi) is 3.24. The van der Waals surface area contributed by atoms with Gasteiger partial charge in [-0.3, -0.25) is 4.79 Å². The minimum atomic E-state index is -0.383. The maximum Gasteiger partial charge on any atom is 0.268 e. The molecule has 4 nitrogen and oxygen atoms in total. The van der Waals surface area contributed by atoms with Crippen LogP contribution in [-0.2, 0) is 6.42 Å². The highest BCUT2D eigenvalue weighted by Crippen LogP contribution is 2.11. The summed E-state index contributed by atoms with van der Waals surface area (Å²) in [6, 6.07) is 8.02. The number of nitriles is 1. The number of aryl methyl sites for hydroxylation is 2. The molecule has 4 heteroatoms. The van der Waals surface area contributed by atoms with Gasteiger partial charge in [0.2, 0.25) is 0 Å². The molecule has 0 saturated carbocycles. The van der Waals surface area contributed by atoms with Crippen molar-refractivity contribution in [1.29, 1.82) is 5.26 Å². The van der Waals surface area contributed by atoms with Crippen LogP contribution in [0.25, 0.3) is 0 Å². The van der Waals surface area contributed by atoms with Crippen molar-refractivity contribution in [2.24, 2.45) is 0 Å². The molecule has 0 unspecified atom stereocenters. The molecule has 0 spiro atoms. The zero-order valence-electron chi connectivity index (χ0n) is 10.3. The summed E-state index contributed by atoms with van der Waals surface area (Å²) >= 11 is 0. The number of rotatable bonds is 2. The lowest BCUT2D eigenvalue weighted by Crippen LogP contribution is -2.14. The van der Waals surface area contributed by atoms with Gasteiger partial charge in [-0.2, -0.15) is 5.26 Å². The minimum absolute atomic E-state index is 0.0409. The lowest BCUT2D eigenvalue weighted by Gasteiger charge is -2.04. The van der Waals surface area contributed by atoms with Crippen LogP contribution in [-0.4, -0.2) is 9.97 Å². The molecule has 90 valence electrons. The predicted octanol–water partition coefficient (Wildman–Crippen LogP) is 1.85. The Morgan fingerprint density at radius 1 is 1.28 bits per heavy atom. The van der Waals surface area contributed by atoms with Gasteiger partial charge < -0.3 is 4.98 Å². The number of aromatic amines is 1. The molecule has 0 fully saturated rings. The molecule has 1 N–H and O–H groups in total. The van der Waals surface area contributed by atoms with Crippen molar-refractivity contribution in [1.82, 2.24) is 9.97 Å². The maximum absolute atomic E-state index is 11.5. The third kappa shape index (κ3) is 2.64. The lowest BCUT2D eigenvalue weighted by atomic mass is 10.0. The third-order valence-corrected chi connectivity index (χ3v) is 2.63. The first-order valence-corrected chi connectivity index (χ1v) is 5.64. The summed E-state index contributed by atoms with van der Waals surface area (Å²) in [4.78, 5) is 18.2. The fourth-order valence-electron chi connectivity index (χ4n) is 1.97. The topological polar surface area (TPSA) is 69.5 Å². The molecule has 18 heavy (non-hydrogen) atoms. The van der Waals surface area contributed by atoms with E-state index in [2.05, 4.69) is 28.2 Å². The molecule has 2 rings (SSSR count).